The van der Waals surface area contributed by atoms with Crippen molar-refractivity contribution in [2.45, 2.75) is 38.2 Å². The zero-order valence-corrected chi connectivity index (χ0v) is 22.2. The molecule has 3 N–H and O–H groups in total. The number of rotatable bonds is 6. The number of aromatic nitrogens is 5. The van der Waals surface area contributed by atoms with Gasteiger partial charge in [0.05, 0.1) is 17.5 Å². The zero-order valence-electron chi connectivity index (χ0n) is 22.2. The van der Waals surface area contributed by atoms with Gasteiger partial charge in [-0.25, -0.2) is 19.0 Å². The number of aromatic hydroxyl groups is 1. The molecule has 1 aromatic carbocycles. The number of piperidine rings is 1. The van der Waals surface area contributed by atoms with Crippen LogP contribution in [0.4, 0.5) is 10.2 Å². The molecule has 3 aliphatic heterocycles. The molecule has 41 heavy (non-hydrogen) atoms. The molecule has 206 valence electrons. The first kappa shape index (κ1) is 25.2. The lowest BCUT2D eigenvalue weighted by Crippen LogP contribution is -2.68. The van der Waals surface area contributed by atoms with E-state index in [9.17, 15) is 19.9 Å². The minimum absolute atomic E-state index is 0.122. The highest BCUT2D eigenvalue weighted by molar-refractivity contribution is 5.98. The first-order valence-corrected chi connectivity index (χ1v) is 13.5. The number of H-pyrrole nitrogens is 1. The van der Waals surface area contributed by atoms with Crippen LogP contribution >= 0.6 is 0 Å². The van der Waals surface area contributed by atoms with Crippen molar-refractivity contribution < 1.29 is 14.6 Å². The van der Waals surface area contributed by atoms with Crippen LogP contribution in [0, 0.1) is 17.1 Å². The predicted octanol–water partition coefficient (Wildman–Crippen LogP) is 4.18. The van der Waals surface area contributed by atoms with Crippen LogP contribution < -0.4 is 4.90 Å². The molecular weight excluding hydrogens is 523 g/mol. The molecule has 0 aliphatic carbocycles. The molecule has 8 rings (SSSR count). The summed E-state index contributed by atoms with van der Waals surface area (Å²) in [7, 11) is 0. The molecule has 3 fully saturated rings. The molecule has 11 heteroatoms. The van der Waals surface area contributed by atoms with Gasteiger partial charge in [-0.3, -0.25) is 4.90 Å². The van der Waals surface area contributed by atoms with E-state index >= 15 is 0 Å². The van der Waals surface area contributed by atoms with Gasteiger partial charge in [0, 0.05) is 77.9 Å². The molecule has 3 aliphatic rings. The summed E-state index contributed by atoms with van der Waals surface area (Å²) < 4.78 is 15.2. The lowest BCUT2D eigenvalue weighted by Gasteiger charge is -2.56. The molecule has 3 atom stereocenters. The maximum Gasteiger partial charge on any atom is 0.144 e. The number of hydrogen-bond acceptors (Lipinski definition) is 8. The number of aliphatic hydroxyl groups is 1. The van der Waals surface area contributed by atoms with Crippen LogP contribution in [-0.4, -0.2) is 65.0 Å². The molecule has 5 aromatic rings. The van der Waals surface area contributed by atoms with Crippen LogP contribution in [0.15, 0.2) is 61.2 Å². The Balaban J connectivity index is 1.13. The molecule has 0 saturated carbocycles. The van der Waals surface area contributed by atoms with Crippen molar-refractivity contribution in [2.75, 3.05) is 18.0 Å². The van der Waals surface area contributed by atoms with Crippen molar-refractivity contribution in [1.82, 2.24) is 29.6 Å². The summed E-state index contributed by atoms with van der Waals surface area (Å²) in [5.41, 5.74) is 4.85. The van der Waals surface area contributed by atoms with Gasteiger partial charge in [-0.15, -0.1) is 0 Å². The van der Waals surface area contributed by atoms with Gasteiger partial charge >= 0.3 is 0 Å². The standard InChI is InChI=1S/C30H27FN8O2/c1-17(40)39-14-21(12-35-39)26-8-25-29(20(9-32)11-34-30(25)36-26)18-2-5-28(33-10-18)37-15-23-7-24(16-37)38(23)13-19-6-22(31)3-4-27(19)41/h2-6,8,10-12,14,17,23-24,40-41H,7,13,15-16H2,1H3,(H,34,36). The minimum Gasteiger partial charge on any atom is -0.508 e. The number of hydrogen-bond donors (Lipinski definition) is 3. The molecule has 0 amide bonds. The Hall–Kier alpha value is -4.79. The van der Waals surface area contributed by atoms with E-state index in [-0.39, 0.29) is 11.6 Å². The number of piperazine rings is 1. The van der Waals surface area contributed by atoms with E-state index in [4.69, 9.17) is 4.98 Å². The van der Waals surface area contributed by atoms with E-state index in [1.165, 1.54) is 22.9 Å². The monoisotopic (exact) mass is 550 g/mol. The predicted molar refractivity (Wildman–Crippen MR) is 150 cm³/mol. The first-order chi connectivity index (χ1) is 19.9. The third-order valence-corrected chi connectivity index (χ3v) is 8.17. The summed E-state index contributed by atoms with van der Waals surface area (Å²) in [6.07, 6.45) is 7.11. The number of nitrogens with one attached hydrogen (secondary N) is 1. The largest absolute Gasteiger partial charge is 0.508 e. The van der Waals surface area contributed by atoms with Crippen molar-refractivity contribution in [1.29, 1.82) is 5.26 Å². The third kappa shape index (κ3) is 4.38. The molecule has 7 heterocycles. The number of pyridine rings is 2. The van der Waals surface area contributed by atoms with Crippen molar-refractivity contribution in [2.24, 2.45) is 0 Å². The number of nitrogens with zero attached hydrogens (tertiary/aromatic N) is 7. The number of fused-ring (bicyclic) bond motifs is 3. The van der Waals surface area contributed by atoms with E-state index in [0.29, 0.717) is 35.4 Å². The SMILES string of the molecule is CC(O)n1cc(-c2cc3c(-c4ccc(N5CC6CC(C5)N6Cc5cc(F)ccc5O)nc4)c(C#N)cnc3[nH]2)cn1. The lowest BCUT2D eigenvalue weighted by molar-refractivity contribution is -0.00921. The summed E-state index contributed by atoms with van der Waals surface area (Å²) in [6.45, 7) is 3.75. The Labute approximate surface area is 234 Å². The summed E-state index contributed by atoms with van der Waals surface area (Å²) in [4.78, 5) is 17.1. The topological polar surface area (TPSA) is 130 Å². The number of phenolic OH excluding ortho intramolecular Hbond substituents is 1. The quantitative estimate of drug-likeness (QED) is 0.287. The van der Waals surface area contributed by atoms with Crippen LogP contribution in [0.1, 0.15) is 30.7 Å². The molecule has 10 nitrogen and oxygen atoms in total. The molecular formula is C30H27FN8O2. The molecule has 4 aromatic heterocycles. The molecule has 0 radical (unpaired) electrons. The van der Waals surface area contributed by atoms with Crippen molar-refractivity contribution in [3.63, 3.8) is 0 Å². The Morgan fingerprint density at radius 3 is 2.63 bits per heavy atom. The third-order valence-electron chi connectivity index (χ3n) is 8.17. The number of nitriles is 1. The Kier molecular flexibility index (Phi) is 5.96. The van der Waals surface area contributed by atoms with Gasteiger partial charge in [0.2, 0.25) is 0 Å². The fourth-order valence-corrected chi connectivity index (χ4v) is 6.04. The van der Waals surface area contributed by atoms with E-state index < -0.39 is 6.23 Å². The highest BCUT2D eigenvalue weighted by Crippen LogP contribution is 2.38. The zero-order chi connectivity index (χ0) is 28.2. The maximum atomic E-state index is 13.7. The van der Waals surface area contributed by atoms with E-state index in [0.717, 1.165) is 53.1 Å². The fourth-order valence-electron chi connectivity index (χ4n) is 6.04. The normalized spacial score (nSPS) is 19.2. The minimum atomic E-state index is -0.743. The van der Waals surface area contributed by atoms with Crippen LogP contribution in [0.3, 0.4) is 0 Å². The highest BCUT2D eigenvalue weighted by Gasteiger charge is 2.44. The van der Waals surface area contributed by atoms with E-state index in [2.05, 4.69) is 30.9 Å². The molecule has 2 bridgehead atoms. The van der Waals surface area contributed by atoms with Gasteiger partial charge in [0.15, 0.2) is 0 Å². The van der Waals surface area contributed by atoms with E-state index in [1.807, 2.05) is 18.2 Å². The number of benzene rings is 1. The van der Waals surface area contributed by atoms with Gasteiger partial charge < -0.3 is 20.1 Å². The van der Waals surface area contributed by atoms with Gasteiger partial charge in [0.25, 0.3) is 0 Å². The lowest BCUT2D eigenvalue weighted by atomic mass is 9.86. The summed E-state index contributed by atoms with van der Waals surface area (Å²) in [6, 6.07) is 12.9. The van der Waals surface area contributed by atoms with Crippen molar-refractivity contribution in [3.8, 4) is 34.2 Å². The first-order valence-electron chi connectivity index (χ1n) is 13.5. The average molecular weight is 551 g/mol. The number of anilines is 1. The summed E-state index contributed by atoms with van der Waals surface area (Å²) in [5, 5.41) is 34.8. The number of phenols is 1. The Morgan fingerprint density at radius 1 is 1.10 bits per heavy atom. The molecule has 3 unspecified atom stereocenters. The summed E-state index contributed by atoms with van der Waals surface area (Å²) >= 11 is 0. The number of halogens is 1. The molecule has 3 saturated heterocycles. The maximum absolute atomic E-state index is 13.7. The molecule has 0 spiro atoms. The van der Waals surface area contributed by atoms with Gasteiger partial charge in [-0.05, 0) is 49.7 Å². The van der Waals surface area contributed by atoms with Crippen LogP contribution in [0.5, 0.6) is 5.75 Å². The van der Waals surface area contributed by atoms with Crippen molar-refractivity contribution in [3.05, 3.63) is 78.1 Å². The van der Waals surface area contributed by atoms with Crippen LogP contribution in [0.25, 0.3) is 33.4 Å². The van der Waals surface area contributed by atoms with E-state index in [1.54, 1.807) is 31.7 Å². The second-order valence-corrected chi connectivity index (χ2v) is 10.7. The number of aromatic amines is 1. The highest BCUT2D eigenvalue weighted by atomic mass is 19.1. The van der Waals surface area contributed by atoms with Crippen LogP contribution in [-0.2, 0) is 6.54 Å². The van der Waals surface area contributed by atoms with Gasteiger partial charge in [-0.1, -0.05) is 0 Å². The fraction of sp³-hybridized carbons (Fsp3) is 0.267. The second-order valence-electron chi connectivity index (χ2n) is 10.7. The second kappa shape index (κ2) is 9.69. The van der Waals surface area contributed by atoms with Crippen molar-refractivity contribution >= 4 is 16.9 Å². The average Bonchev–Trinajstić information content (AvgIpc) is 3.65. The van der Waals surface area contributed by atoms with Gasteiger partial charge in [0.1, 0.15) is 35.3 Å². The van der Waals surface area contributed by atoms with Gasteiger partial charge in [-0.2, -0.15) is 10.4 Å². The Morgan fingerprint density at radius 2 is 1.93 bits per heavy atom. The smallest absolute Gasteiger partial charge is 0.144 e. The van der Waals surface area contributed by atoms with Crippen LogP contribution in [0.2, 0.25) is 0 Å². The Bertz CT molecular complexity index is 1790. The summed E-state index contributed by atoms with van der Waals surface area (Å²) in [5.74, 6) is 0.640. The number of aliphatic hydroxyl groups excluding tert-OH is 1.